The van der Waals surface area contributed by atoms with Crippen LogP contribution in [0.2, 0.25) is 0 Å². The average molecular weight is 150 g/mol. The molecule has 0 radical (unpaired) electrons. The first-order valence-electron chi connectivity index (χ1n) is 4.08. The zero-order valence-electron chi connectivity index (χ0n) is 8.07. The van der Waals surface area contributed by atoms with Crippen LogP contribution in [0.5, 0.6) is 0 Å². The summed E-state index contributed by atoms with van der Waals surface area (Å²) in [6.45, 7) is 12.2. The Labute approximate surface area is 70.3 Å². The third-order valence-corrected chi connectivity index (χ3v) is 1.75. The van der Waals surface area contributed by atoms with Crippen molar-refractivity contribution < 1.29 is 0 Å². The summed E-state index contributed by atoms with van der Waals surface area (Å²) < 4.78 is 0. The van der Waals surface area contributed by atoms with E-state index in [9.17, 15) is 0 Å². The van der Waals surface area contributed by atoms with Gasteiger partial charge in [-0.3, -0.25) is 0 Å². The molecule has 0 aromatic carbocycles. The molecule has 0 aromatic rings. The van der Waals surface area contributed by atoms with Gasteiger partial charge in [-0.05, 0) is 25.0 Å². The number of rotatable bonds is 3. The van der Waals surface area contributed by atoms with Crippen molar-refractivity contribution in [3.8, 4) is 0 Å². The Balaban J connectivity index is 4.45. The molecular weight excluding hydrogens is 132 g/mol. The highest BCUT2D eigenvalue weighted by atomic mass is 14.1. The summed E-state index contributed by atoms with van der Waals surface area (Å²) in [4.78, 5) is 0. The lowest BCUT2D eigenvalue weighted by Crippen LogP contribution is -1.99. The van der Waals surface area contributed by atoms with Crippen molar-refractivity contribution in [3.05, 3.63) is 30.0 Å². The maximum absolute atomic E-state index is 3.76. The second-order valence-corrected chi connectivity index (χ2v) is 3.45. The van der Waals surface area contributed by atoms with Gasteiger partial charge >= 0.3 is 0 Å². The maximum Gasteiger partial charge on any atom is 0.00771 e. The molecule has 0 unspecified atom stereocenters. The van der Waals surface area contributed by atoms with Gasteiger partial charge in [-0.2, -0.15) is 0 Å². The minimum atomic E-state index is 0.0798. The summed E-state index contributed by atoms with van der Waals surface area (Å²) in [5.41, 5.74) is 4.62. The fourth-order valence-electron chi connectivity index (χ4n) is 0.470. The summed E-state index contributed by atoms with van der Waals surface area (Å²) >= 11 is 0. The standard InChI is InChI=1S/C11H18/c1-6-10(3)8-9-11(4,5)7-2/h7,9H,2,6H2,1,3-5H3. The van der Waals surface area contributed by atoms with Crippen LogP contribution in [0.3, 0.4) is 0 Å². The lowest BCUT2D eigenvalue weighted by molar-refractivity contribution is 0.628. The summed E-state index contributed by atoms with van der Waals surface area (Å²) in [6, 6.07) is 0. The molecule has 0 saturated carbocycles. The Bertz CT molecular complexity index is 188. The van der Waals surface area contributed by atoms with Gasteiger partial charge in [0.1, 0.15) is 0 Å². The van der Waals surface area contributed by atoms with Crippen molar-refractivity contribution in [2.24, 2.45) is 5.41 Å². The number of hydrogen-bond donors (Lipinski definition) is 0. The highest BCUT2D eigenvalue weighted by Crippen LogP contribution is 2.17. The van der Waals surface area contributed by atoms with Gasteiger partial charge in [0.25, 0.3) is 0 Å². The van der Waals surface area contributed by atoms with Gasteiger partial charge in [-0.1, -0.05) is 26.8 Å². The lowest BCUT2D eigenvalue weighted by atomic mass is 9.94. The molecule has 0 saturated heterocycles. The van der Waals surface area contributed by atoms with Gasteiger partial charge in [0.15, 0.2) is 0 Å². The topological polar surface area (TPSA) is 0 Å². The molecule has 0 aliphatic heterocycles. The molecule has 0 aliphatic rings. The van der Waals surface area contributed by atoms with Crippen LogP contribution in [0, 0.1) is 5.41 Å². The van der Waals surface area contributed by atoms with E-state index in [2.05, 4.69) is 46.1 Å². The van der Waals surface area contributed by atoms with E-state index < -0.39 is 0 Å². The van der Waals surface area contributed by atoms with Gasteiger partial charge in [-0.25, -0.2) is 0 Å². The molecule has 0 spiro atoms. The SMILES string of the molecule is C=CC(C)(C)C=C=C(C)CC. The van der Waals surface area contributed by atoms with E-state index in [-0.39, 0.29) is 5.41 Å². The first kappa shape index (κ1) is 10.3. The quantitative estimate of drug-likeness (QED) is 0.425. The van der Waals surface area contributed by atoms with Crippen LogP contribution in [0.4, 0.5) is 0 Å². The minimum absolute atomic E-state index is 0.0798. The highest BCUT2D eigenvalue weighted by Gasteiger charge is 2.05. The first-order valence-corrected chi connectivity index (χ1v) is 4.08. The van der Waals surface area contributed by atoms with E-state index in [4.69, 9.17) is 0 Å². The van der Waals surface area contributed by atoms with E-state index >= 15 is 0 Å². The van der Waals surface area contributed by atoms with Crippen molar-refractivity contribution in [2.75, 3.05) is 0 Å². The summed E-state index contributed by atoms with van der Waals surface area (Å²) in [5.74, 6) is 0. The van der Waals surface area contributed by atoms with Crippen LogP contribution in [-0.4, -0.2) is 0 Å². The third-order valence-electron chi connectivity index (χ3n) is 1.75. The van der Waals surface area contributed by atoms with Crippen molar-refractivity contribution in [1.29, 1.82) is 0 Å². The Morgan fingerprint density at radius 1 is 1.55 bits per heavy atom. The van der Waals surface area contributed by atoms with E-state index in [1.54, 1.807) is 0 Å². The van der Waals surface area contributed by atoms with Crippen LogP contribution >= 0.6 is 0 Å². The molecule has 11 heavy (non-hydrogen) atoms. The van der Waals surface area contributed by atoms with Gasteiger partial charge in [-0.15, -0.1) is 12.3 Å². The second kappa shape index (κ2) is 4.20. The molecule has 0 heterocycles. The van der Waals surface area contributed by atoms with Gasteiger partial charge in [0.2, 0.25) is 0 Å². The molecule has 0 fully saturated rings. The van der Waals surface area contributed by atoms with Gasteiger partial charge in [0, 0.05) is 5.41 Å². The third kappa shape index (κ3) is 4.64. The second-order valence-electron chi connectivity index (χ2n) is 3.45. The maximum atomic E-state index is 3.76. The van der Waals surface area contributed by atoms with Gasteiger partial charge in [0.05, 0.1) is 0 Å². The molecule has 0 aromatic heterocycles. The van der Waals surface area contributed by atoms with Crippen molar-refractivity contribution >= 4 is 0 Å². The predicted octanol–water partition coefficient (Wildman–Crippen LogP) is 3.71. The zero-order valence-corrected chi connectivity index (χ0v) is 8.07. The zero-order chi connectivity index (χ0) is 8.91. The molecule has 0 rings (SSSR count). The lowest BCUT2D eigenvalue weighted by Gasteiger charge is -2.11. The normalized spacial score (nSPS) is 10.2. The van der Waals surface area contributed by atoms with Crippen LogP contribution in [0.15, 0.2) is 30.0 Å². The van der Waals surface area contributed by atoms with Crippen molar-refractivity contribution in [2.45, 2.75) is 34.1 Å². The predicted molar refractivity (Wildman–Crippen MR) is 51.5 cm³/mol. The Morgan fingerprint density at radius 2 is 2.09 bits per heavy atom. The van der Waals surface area contributed by atoms with Gasteiger partial charge < -0.3 is 0 Å². The van der Waals surface area contributed by atoms with Crippen LogP contribution in [0.1, 0.15) is 34.1 Å². The van der Waals surface area contributed by atoms with E-state index in [0.29, 0.717) is 0 Å². The van der Waals surface area contributed by atoms with E-state index in [1.807, 2.05) is 6.08 Å². The highest BCUT2D eigenvalue weighted by molar-refractivity contribution is 5.07. The van der Waals surface area contributed by atoms with Crippen LogP contribution in [0.25, 0.3) is 0 Å². The van der Waals surface area contributed by atoms with E-state index in [1.165, 1.54) is 5.57 Å². The largest absolute Gasteiger partial charge is 0.126 e. The fourth-order valence-corrected chi connectivity index (χ4v) is 0.470. The van der Waals surface area contributed by atoms with E-state index in [0.717, 1.165) is 6.42 Å². The Hall–Kier alpha value is -0.740. The molecule has 0 N–H and O–H groups in total. The first-order chi connectivity index (χ1) is 5.02. The molecule has 0 heteroatoms. The summed E-state index contributed by atoms with van der Waals surface area (Å²) in [5, 5.41) is 0. The number of hydrogen-bond acceptors (Lipinski definition) is 0. The minimum Gasteiger partial charge on any atom is -0.126 e. The van der Waals surface area contributed by atoms with Crippen molar-refractivity contribution in [1.82, 2.24) is 0 Å². The molecule has 0 amide bonds. The van der Waals surface area contributed by atoms with Crippen molar-refractivity contribution in [3.63, 3.8) is 0 Å². The van der Waals surface area contributed by atoms with Crippen LogP contribution < -0.4 is 0 Å². The fraction of sp³-hybridized carbons (Fsp3) is 0.545. The smallest absolute Gasteiger partial charge is 0.00771 e. The molecule has 0 nitrogen and oxygen atoms in total. The molecule has 0 aliphatic carbocycles. The Kier molecular flexibility index (Phi) is 3.92. The number of allylic oxidation sites excluding steroid dienone is 2. The molecule has 0 bridgehead atoms. The summed E-state index contributed by atoms with van der Waals surface area (Å²) in [7, 11) is 0. The Morgan fingerprint density at radius 3 is 2.45 bits per heavy atom. The van der Waals surface area contributed by atoms with Crippen LogP contribution in [-0.2, 0) is 0 Å². The monoisotopic (exact) mass is 150 g/mol. The average Bonchev–Trinajstić information content (AvgIpc) is 2.00. The summed E-state index contributed by atoms with van der Waals surface area (Å²) in [6.07, 6.45) is 5.07. The molecule has 62 valence electrons. The molecular formula is C11H18. The molecule has 0 atom stereocenters.